The number of carbonyl (C=O) groups is 7. The van der Waals surface area contributed by atoms with Gasteiger partial charge >= 0.3 is 0 Å². The van der Waals surface area contributed by atoms with E-state index in [2.05, 4.69) is 266 Å². The molecule has 0 bridgehead atoms. The normalized spacial score (nSPS) is 14.4. The van der Waals surface area contributed by atoms with Gasteiger partial charge in [0.1, 0.15) is 34.4 Å². The van der Waals surface area contributed by atoms with Gasteiger partial charge in [0.05, 0.1) is 34.8 Å². The van der Waals surface area contributed by atoms with Crippen molar-refractivity contribution in [3.8, 4) is 22.5 Å². The van der Waals surface area contributed by atoms with Gasteiger partial charge in [0.25, 0.3) is 10.9 Å². The van der Waals surface area contributed by atoms with Crippen LogP contribution in [0.2, 0.25) is 0 Å². The van der Waals surface area contributed by atoms with Gasteiger partial charge in [-0.1, -0.05) is 268 Å². The summed E-state index contributed by atoms with van der Waals surface area (Å²) in [5, 5.41) is 29.5. The molecule has 0 spiro atoms. The molecular weight excluding hydrogens is 1620 g/mol. The van der Waals surface area contributed by atoms with Gasteiger partial charge in [-0.15, -0.1) is 10.2 Å². The molecule has 4 amide bonds. The first-order valence-electron chi connectivity index (χ1n) is 46.8. The van der Waals surface area contributed by atoms with E-state index < -0.39 is 16.4 Å². The molecule has 1 unspecified atom stereocenters. The number of hydrogen-bond donors (Lipinski definition) is 4. The Morgan fingerprint density at radius 1 is 0.392 bits per heavy atom. The predicted molar refractivity (Wildman–Crippen MR) is 554 cm³/mol. The van der Waals surface area contributed by atoms with E-state index in [0.29, 0.717) is 60.1 Å². The predicted octanol–water partition coefficient (Wildman–Crippen LogP) is 26.5. The highest BCUT2D eigenvalue weighted by Crippen LogP contribution is 2.45. The van der Waals surface area contributed by atoms with Crippen molar-refractivity contribution >= 4 is 58.0 Å². The summed E-state index contributed by atoms with van der Waals surface area (Å²) in [4.78, 5) is 108. The number of anilines is 3. The zero-order chi connectivity index (χ0) is 103. The van der Waals surface area contributed by atoms with Crippen LogP contribution in [0.25, 0.3) is 22.5 Å². The summed E-state index contributed by atoms with van der Waals surface area (Å²) < 4.78 is 3.98. The number of likely N-dealkylation sites (tertiary alicyclic amines) is 1. The number of benzene rings is 2. The van der Waals surface area contributed by atoms with Gasteiger partial charge in [-0.3, -0.25) is 48.1 Å². The zero-order valence-electron chi connectivity index (χ0n) is 92.7. The number of rotatable bonds is 8. The number of Topliss-reactive ketones (excluding diaryl/α,β-unsaturated/α-hetero) is 3. The highest BCUT2D eigenvalue weighted by Gasteiger charge is 2.48. The lowest BCUT2D eigenvalue weighted by Gasteiger charge is -2.40. The summed E-state index contributed by atoms with van der Waals surface area (Å²) in [6, 6.07) is 17.2. The maximum absolute atomic E-state index is 12.1. The third-order valence-corrected chi connectivity index (χ3v) is 18.6. The largest absolute Gasteiger partial charge is 0.375 e. The highest BCUT2D eigenvalue weighted by atomic mass is 16.2. The number of ketones is 3. The van der Waals surface area contributed by atoms with E-state index in [1.54, 1.807) is 0 Å². The molecule has 1 atom stereocenters. The molecule has 2 aliphatic rings. The minimum atomic E-state index is -0.429. The summed E-state index contributed by atoms with van der Waals surface area (Å²) in [6.07, 6.45) is 6.16. The minimum absolute atomic E-state index is 0. The molecule has 0 aliphatic carbocycles. The number of carbonyl (C=O) groups excluding carboxylic acids is 7. The number of nitrogens with one attached hydrogen (secondary N) is 4. The van der Waals surface area contributed by atoms with Gasteiger partial charge in [0.2, 0.25) is 23.6 Å². The second-order valence-electron chi connectivity index (χ2n) is 55.2. The molecular formula is C109H196N12O9. The first-order chi connectivity index (χ1) is 56.5. The van der Waals surface area contributed by atoms with Crippen LogP contribution in [0.1, 0.15) is 438 Å². The van der Waals surface area contributed by atoms with Crippen molar-refractivity contribution in [1.29, 1.82) is 0 Å². The fourth-order valence-electron chi connectivity index (χ4n) is 13.6. The van der Waals surface area contributed by atoms with Crippen LogP contribution >= 0.6 is 0 Å². The van der Waals surface area contributed by atoms with Crippen LogP contribution in [0, 0.1) is 54.7 Å². The first-order valence-corrected chi connectivity index (χ1v) is 46.8. The van der Waals surface area contributed by atoms with Crippen LogP contribution in [0.3, 0.4) is 0 Å². The summed E-state index contributed by atoms with van der Waals surface area (Å²) in [5.74, 6) is 0.509. The van der Waals surface area contributed by atoms with Gasteiger partial charge in [-0.05, 0) is 222 Å². The number of para-hydroxylation sites is 1. The number of fused-ring (bicyclic) bond motifs is 5. The van der Waals surface area contributed by atoms with Crippen LogP contribution in [-0.4, -0.2) is 109 Å². The van der Waals surface area contributed by atoms with Crippen molar-refractivity contribution in [3.63, 3.8) is 0 Å². The highest BCUT2D eigenvalue weighted by molar-refractivity contribution is 6.04. The van der Waals surface area contributed by atoms with Crippen molar-refractivity contribution in [2.45, 2.75) is 483 Å². The second kappa shape index (κ2) is 46.5. The number of hydrogen-bond acceptors (Lipinski definition) is 16. The molecule has 1 saturated heterocycles. The van der Waals surface area contributed by atoms with Crippen LogP contribution < -0.4 is 37.0 Å². The lowest BCUT2D eigenvalue weighted by Crippen LogP contribution is -2.46. The van der Waals surface area contributed by atoms with Crippen molar-refractivity contribution in [2.75, 3.05) is 15.5 Å². The van der Waals surface area contributed by atoms with E-state index in [4.69, 9.17) is 0 Å². The van der Waals surface area contributed by atoms with Gasteiger partial charge in [0.15, 0.2) is 0 Å². The Hall–Kier alpha value is -7.71. The molecule has 3 aromatic carbocycles. The number of imide groups is 1. The number of nitrogens with zero attached hydrogens (tertiary/aromatic N) is 8. The molecule has 5 aromatic rings. The molecule has 21 nitrogen and oxygen atoms in total. The maximum atomic E-state index is 12.1. The van der Waals surface area contributed by atoms with E-state index >= 15 is 0 Å². The summed E-state index contributed by atoms with van der Waals surface area (Å²) in [5.41, 5.74) is 7.34. The Morgan fingerprint density at radius 2 is 0.746 bits per heavy atom. The smallest absolute Gasteiger partial charge is 0.253 e. The third-order valence-electron chi connectivity index (χ3n) is 18.6. The Balaban J connectivity index is -0.00000143. The van der Waals surface area contributed by atoms with Crippen LogP contribution in [0.4, 0.5) is 17.1 Å². The van der Waals surface area contributed by atoms with E-state index in [1.807, 2.05) is 219 Å². The molecule has 4 heterocycles. The Labute approximate surface area is 794 Å². The van der Waals surface area contributed by atoms with E-state index in [1.165, 1.54) is 28.1 Å². The molecule has 746 valence electrons. The quantitative estimate of drug-likeness (QED) is 0.0639. The van der Waals surface area contributed by atoms with Crippen LogP contribution in [0.5, 0.6) is 0 Å². The van der Waals surface area contributed by atoms with Crippen LogP contribution in [-0.2, 0) is 56.6 Å². The Kier molecular flexibility index (Phi) is 45.2. The Bertz CT molecular complexity index is 4320. The van der Waals surface area contributed by atoms with E-state index in [-0.39, 0.29) is 137 Å². The number of aromatic nitrogens is 6. The van der Waals surface area contributed by atoms with Gasteiger partial charge in [-0.25, -0.2) is 9.36 Å². The topological polar surface area (TPSA) is 270 Å². The monoisotopic (exact) mass is 1820 g/mol. The molecule has 2 aliphatic heterocycles. The van der Waals surface area contributed by atoms with Gasteiger partial charge in [0, 0.05) is 111 Å². The minimum Gasteiger partial charge on any atom is -0.375 e. The van der Waals surface area contributed by atoms with Crippen molar-refractivity contribution in [2.24, 2.45) is 54.7 Å². The first kappa shape index (κ1) is 126. The fourth-order valence-corrected chi connectivity index (χ4v) is 13.6. The molecule has 1 fully saturated rings. The second-order valence-corrected chi connectivity index (χ2v) is 55.2. The lowest BCUT2D eigenvalue weighted by atomic mass is 9.78. The molecule has 130 heavy (non-hydrogen) atoms. The lowest BCUT2D eigenvalue weighted by molar-refractivity contribution is -0.146. The zero-order valence-corrected chi connectivity index (χ0v) is 92.7. The standard InChI is InChI=1S/C23H28N4.C13H24O2.C12H20N2O2.C12H21NO2.C11H22O.C10H19N3.2C9H19NO.C9H20.CH4/c1-22(2,3)26-15-16-11-7-8-12-17(16)21-20(18-13-9-10-14-19(18)26)24-25-27(21)23(4,5)6;1-12(2,3)8-10(14)7-11(15)9-13(4,5)6;1-11(2,3)13-7-8(10(16)9(7)15)14-12(4,5)6;1-11(2,3)8-7-9(14)13(10(8)15)12(4,5)6;1-10(2,3)7-9(12)8-11(4,5)6;1-9(2,3)8-7-13(12-11-8)10(4,5)6;2*1-8(2,3)7(11)10-9(4,5)6;1-8(2,3)7-9(4,5)6;/h7-14H,15H2,1-6H3;7-9H2,1-6H3;13-14H,1-6H3;8H,7H2,1-6H3;7-8H2,1-6H3;7H,1-6H3;2*1-6H3,(H,10,11);7H2,1-6H3;1H4. The SMILES string of the molecule is C.CC(C)(C)C1CC(=O)N(C(C)(C)C)C1=O.CC(C)(C)CC(=O)CC(=O)CC(C)(C)C.CC(C)(C)CC(=O)CC(C)(C)C.CC(C)(C)CC(C)(C)C.CC(C)(C)N1Cc2ccccc2-c2c(nnn2C(C)(C)C)-c2ccccc21.CC(C)(C)NC(=O)C(C)(C)C.CC(C)(C)NC(=O)C(C)(C)C.CC(C)(C)Nc1c(NC(C)(C)C)c(=O)c1=O.CC(C)(C)c1cn(C(C)(C)C)nn1. The maximum Gasteiger partial charge on any atom is 0.253 e. The molecule has 4 N–H and O–H groups in total. The van der Waals surface area contributed by atoms with Crippen molar-refractivity contribution < 1.29 is 33.6 Å². The molecule has 0 saturated carbocycles. The van der Waals surface area contributed by atoms with Gasteiger partial charge in [-0.2, -0.15) is 0 Å². The summed E-state index contributed by atoms with van der Waals surface area (Å²) in [6.45, 7) is 112. The van der Waals surface area contributed by atoms with Gasteiger partial charge < -0.3 is 26.2 Å². The average molecular weight is 1820 g/mol. The molecule has 2 aromatic heterocycles. The van der Waals surface area contributed by atoms with E-state index in [0.717, 1.165) is 29.2 Å². The molecule has 7 rings (SSSR count). The fraction of sp³-hybridized carbons (Fsp3) is 0.752. The average Bonchev–Trinajstić information content (AvgIpc) is 1.48. The van der Waals surface area contributed by atoms with Crippen molar-refractivity contribution in [3.05, 3.63) is 86.4 Å². The van der Waals surface area contributed by atoms with E-state index in [9.17, 15) is 43.2 Å². The molecule has 21 heteroatoms. The van der Waals surface area contributed by atoms with Crippen LogP contribution in [0.15, 0.2) is 64.3 Å². The Morgan fingerprint density at radius 3 is 1.00 bits per heavy atom. The summed E-state index contributed by atoms with van der Waals surface area (Å²) in [7, 11) is 0. The van der Waals surface area contributed by atoms with Crippen molar-refractivity contribution in [1.82, 2.24) is 45.5 Å². The third kappa shape index (κ3) is 51.5. The molecule has 0 radical (unpaired) electrons. The summed E-state index contributed by atoms with van der Waals surface area (Å²) >= 11 is 0. The number of amides is 4.